The summed E-state index contributed by atoms with van der Waals surface area (Å²) in [5.74, 6) is 0. The molecule has 62 valence electrons. The average molecular weight is 186 g/mol. The maximum atomic E-state index is 11.2. The SMILES string of the molecule is CP(C)(=O)C1(O)CNC1.Cl. The fourth-order valence-corrected chi connectivity index (χ4v) is 1.71. The van der Waals surface area contributed by atoms with E-state index in [2.05, 4.69) is 5.32 Å². The number of aliphatic hydroxyl groups is 1. The van der Waals surface area contributed by atoms with Gasteiger partial charge < -0.3 is 15.0 Å². The molecular weight excluding hydrogens is 172 g/mol. The molecule has 0 aromatic rings. The van der Waals surface area contributed by atoms with E-state index in [0.29, 0.717) is 13.1 Å². The van der Waals surface area contributed by atoms with Gasteiger partial charge in [0.2, 0.25) is 0 Å². The fraction of sp³-hybridized carbons (Fsp3) is 1.00. The molecule has 0 atom stereocenters. The first-order valence-corrected chi connectivity index (χ1v) is 5.54. The second-order valence-corrected chi connectivity index (χ2v) is 6.47. The predicted molar refractivity (Wildman–Crippen MR) is 44.5 cm³/mol. The van der Waals surface area contributed by atoms with Crippen LogP contribution in [0.4, 0.5) is 0 Å². The van der Waals surface area contributed by atoms with Crippen molar-refractivity contribution in [3.8, 4) is 0 Å². The van der Waals surface area contributed by atoms with Gasteiger partial charge in [0, 0.05) is 13.1 Å². The van der Waals surface area contributed by atoms with Crippen LogP contribution < -0.4 is 5.32 Å². The van der Waals surface area contributed by atoms with Crippen LogP contribution in [0.25, 0.3) is 0 Å². The van der Waals surface area contributed by atoms with Gasteiger partial charge in [0.15, 0.2) is 0 Å². The van der Waals surface area contributed by atoms with Gasteiger partial charge in [-0.25, -0.2) is 0 Å². The molecule has 0 aliphatic carbocycles. The molecule has 3 nitrogen and oxygen atoms in total. The summed E-state index contributed by atoms with van der Waals surface area (Å²) in [6, 6.07) is 0. The molecule has 10 heavy (non-hydrogen) atoms. The summed E-state index contributed by atoms with van der Waals surface area (Å²) < 4.78 is 11.2. The van der Waals surface area contributed by atoms with E-state index in [1.54, 1.807) is 13.3 Å². The Morgan fingerprint density at radius 2 is 1.90 bits per heavy atom. The standard InChI is InChI=1S/C5H12NO2P.ClH/c1-9(2,8)5(7)3-6-4-5;/h6-7H,3-4H2,1-2H3;1H. The number of hydrogen-bond donors (Lipinski definition) is 2. The fourth-order valence-electron chi connectivity index (χ4n) is 0.729. The molecule has 1 fully saturated rings. The van der Waals surface area contributed by atoms with Crippen molar-refractivity contribution in [3.05, 3.63) is 0 Å². The minimum absolute atomic E-state index is 0. The Hall–Kier alpha value is 0.440. The Kier molecular flexibility index (Phi) is 2.94. The zero-order valence-electron chi connectivity index (χ0n) is 6.13. The number of halogens is 1. The van der Waals surface area contributed by atoms with E-state index in [-0.39, 0.29) is 12.4 Å². The zero-order valence-corrected chi connectivity index (χ0v) is 7.84. The molecule has 1 aliphatic heterocycles. The molecule has 0 saturated carbocycles. The van der Waals surface area contributed by atoms with Crippen LogP contribution in [0, 0.1) is 0 Å². The highest BCUT2D eigenvalue weighted by Crippen LogP contribution is 2.51. The topological polar surface area (TPSA) is 49.3 Å². The molecule has 0 amide bonds. The molecule has 2 N–H and O–H groups in total. The van der Waals surface area contributed by atoms with Crippen molar-refractivity contribution in [3.63, 3.8) is 0 Å². The van der Waals surface area contributed by atoms with Crippen molar-refractivity contribution in [1.29, 1.82) is 0 Å². The van der Waals surface area contributed by atoms with Gasteiger partial charge in [-0.15, -0.1) is 12.4 Å². The number of β-amino-alcohol motifs (C(OH)–C–C–N with tert-alkyl or cyclic N) is 1. The van der Waals surface area contributed by atoms with Gasteiger partial charge in [-0.2, -0.15) is 0 Å². The van der Waals surface area contributed by atoms with Gasteiger partial charge in [-0.1, -0.05) is 0 Å². The van der Waals surface area contributed by atoms with Crippen LogP contribution >= 0.6 is 19.5 Å². The van der Waals surface area contributed by atoms with Crippen LogP contribution in [0.5, 0.6) is 0 Å². The summed E-state index contributed by atoms with van der Waals surface area (Å²) in [5.41, 5.74) is 0. The summed E-state index contributed by atoms with van der Waals surface area (Å²) in [4.78, 5) is 0. The van der Waals surface area contributed by atoms with Crippen LogP contribution in [0.3, 0.4) is 0 Å². The average Bonchev–Trinajstić information content (AvgIpc) is 1.57. The van der Waals surface area contributed by atoms with Crippen LogP contribution in [0.1, 0.15) is 0 Å². The molecule has 1 heterocycles. The molecule has 0 aromatic heterocycles. The molecular formula is C5H13ClNO2P. The van der Waals surface area contributed by atoms with Crippen molar-refractivity contribution in [2.75, 3.05) is 26.4 Å². The van der Waals surface area contributed by atoms with Gasteiger partial charge >= 0.3 is 0 Å². The lowest BCUT2D eigenvalue weighted by Crippen LogP contribution is -2.58. The maximum absolute atomic E-state index is 11.2. The van der Waals surface area contributed by atoms with Gasteiger partial charge in [0.05, 0.1) is 0 Å². The predicted octanol–water partition coefficient (Wildman–Crippen LogP) is 0.323. The Balaban J connectivity index is 0.000000810. The molecule has 0 spiro atoms. The zero-order chi connectivity index (χ0) is 7.12. The van der Waals surface area contributed by atoms with Gasteiger partial charge in [0.1, 0.15) is 12.5 Å². The van der Waals surface area contributed by atoms with E-state index >= 15 is 0 Å². The van der Waals surface area contributed by atoms with Crippen LogP contribution in [-0.2, 0) is 4.57 Å². The van der Waals surface area contributed by atoms with Crippen molar-refractivity contribution in [2.45, 2.75) is 5.34 Å². The van der Waals surface area contributed by atoms with Crippen molar-refractivity contribution in [2.24, 2.45) is 0 Å². The molecule has 0 radical (unpaired) electrons. The third-order valence-electron chi connectivity index (χ3n) is 1.82. The van der Waals surface area contributed by atoms with Crippen LogP contribution in [0.2, 0.25) is 0 Å². The second kappa shape index (κ2) is 2.82. The maximum Gasteiger partial charge on any atom is 0.141 e. The molecule has 0 bridgehead atoms. The number of nitrogens with one attached hydrogen (secondary N) is 1. The third-order valence-corrected chi connectivity index (χ3v) is 4.14. The minimum atomic E-state index is -2.29. The summed E-state index contributed by atoms with van der Waals surface area (Å²) in [6.07, 6.45) is 0. The Labute approximate surface area is 67.0 Å². The summed E-state index contributed by atoms with van der Waals surface area (Å²) >= 11 is 0. The van der Waals surface area contributed by atoms with E-state index < -0.39 is 12.5 Å². The lowest BCUT2D eigenvalue weighted by molar-refractivity contribution is 0.0685. The molecule has 1 rings (SSSR count). The van der Waals surface area contributed by atoms with E-state index in [9.17, 15) is 9.67 Å². The highest BCUT2D eigenvalue weighted by atomic mass is 35.5. The minimum Gasteiger partial charge on any atom is -0.379 e. The van der Waals surface area contributed by atoms with E-state index in [4.69, 9.17) is 0 Å². The lowest BCUT2D eigenvalue weighted by atomic mass is 10.2. The second-order valence-electron chi connectivity index (χ2n) is 2.94. The van der Waals surface area contributed by atoms with E-state index in [1.807, 2.05) is 0 Å². The van der Waals surface area contributed by atoms with E-state index in [0.717, 1.165) is 0 Å². The Morgan fingerprint density at radius 1 is 1.50 bits per heavy atom. The van der Waals surface area contributed by atoms with Crippen LogP contribution in [-0.4, -0.2) is 36.9 Å². The van der Waals surface area contributed by atoms with Gasteiger partial charge in [0.25, 0.3) is 0 Å². The monoisotopic (exact) mass is 185 g/mol. The first-order chi connectivity index (χ1) is 3.96. The normalized spacial score (nSPS) is 22.7. The Morgan fingerprint density at radius 3 is 1.90 bits per heavy atom. The summed E-state index contributed by atoms with van der Waals surface area (Å²) in [6.45, 7) is 4.20. The third kappa shape index (κ3) is 1.54. The smallest absolute Gasteiger partial charge is 0.141 e. The summed E-state index contributed by atoms with van der Waals surface area (Å²) in [5, 5.41) is 11.4. The van der Waals surface area contributed by atoms with Gasteiger partial charge in [-0.05, 0) is 13.3 Å². The molecule has 0 aromatic carbocycles. The first kappa shape index (κ1) is 10.4. The highest BCUT2D eigenvalue weighted by molar-refractivity contribution is 7.63. The Bertz CT molecular complexity index is 163. The number of hydrogen-bond acceptors (Lipinski definition) is 3. The molecule has 5 heteroatoms. The largest absolute Gasteiger partial charge is 0.379 e. The van der Waals surface area contributed by atoms with Crippen molar-refractivity contribution in [1.82, 2.24) is 5.32 Å². The first-order valence-electron chi connectivity index (χ1n) is 2.94. The van der Waals surface area contributed by atoms with Crippen LogP contribution in [0.15, 0.2) is 0 Å². The number of rotatable bonds is 1. The highest BCUT2D eigenvalue weighted by Gasteiger charge is 2.44. The van der Waals surface area contributed by atoms with E-state index in [1.165, 1.54) is 0 Å². The molecule has 1 aliphatic rings. The van der Waals surface area contributed by atoms with Crippen molar-refractivity contribution >= 4 is 19.5 Å². The van der Waals surface area contributed by atoms with Crippen molar-refractivity contribution < 1.29 is 9.67 Å². The summed E-state index contributed by atoms with van der Waals surface area (Å²) in [7, 11) is -2.29. The molecule has 0 unspecified atom stereocenters. The quantitative estimate of drug-likeness (QED) is 0.579. The lowest BCUT2D eigenvalue weighted by Gasteiger charge is -2.40. The molecule has 1 saturated heterocycles. The van der Waals surface area contributed by atoms with Gasteiger partial charge in [-0.3, -0.25) is 0 Å².